The van der Waals surface area contributed by atoms with E-state index in [1.54, 1.807) is 0 Å². The molecule has 26 heavy (non-hydrogen) atoms. The maximum Gasteiger partial charge on any atom is 0.276 e. The Morgan fingerprint density at radius 2 is 1.96 bits per heavy atom. The van der Waals surface area contributed by atoms with Gasteiger partial charge < -0.3 is 10.1 Å². The van der Waals surface area contributed by atoms with Crippen LogP contribution in [0.4, 0.5) is 0 Å². The second-order valence-corrected chi connectivity index (χ2v) is 8.00. The fraction of sp³-hybridized carbons (Fsp3) is 0.600. The van der Waals surface area contributed by atoms with Gasteiger partial charge >= 0.3 is 0 Å². The van der Waals surface area contributed by atoms with Gasteiger partial charge in [0.1, 0.15) is 5.75 Å². The fourth-order valence-electron chi connectivity index (χ4n) is 3.94. The van der Waals surface area contributed by atoms with Gasteiger partial charge in [0.25, 0.3) is 5.91 Å². The average molecular weight is 376 g/mol. The van der Waals surface area contributed by atoms with Crippen molar-refractivity contribution >= 4 is 23.2 Å². The summed E-state index contributed by atoms with van der Waals surface area (Å²) in [5.41, 5.74) is 8.12. The first kappa shape index (κ1) is 19.0. The van der Waals surface area contributed by atoms with Gasteiger partial charge in [0.05, 0.1) is 0 Å². The van der Waals surface area contributed by atoms with Crippen molar-refractivity contribution in [1.29, 1.82) is 0 Å². The molecule has 0 unspecified atom stereocenters. The summed E-state index contributed by atoms with van der Waals surface area (Å²) in [5.74, 6) is 1.76. The van der Waals surface area contributed by atoms with E-state index in [9.17, 15) is 4.79 Å². The van der Waals surface area contributed by atoms with Gasteiger partial charge in [0.15, 0.2) is 11.7 Å². The number of hydrogen-bond donors (Lipinski definition) is 3. The molecule has 2 aliphatic rings. The zero-order valence-electron chi connectivity index (χ0n) is 15.6. The maximum atomic E-state index is 12.0. The van der Waals surface area contributed by atoms with Crippen LogP contribution < -0.4 is 20.9 Å². The van der Waals surface area contributed by atoms with E-state index in [0.29, 0.717) is 23.0 Å². The van der Waals surface area contributed by atoms with E-state index >= 15 is 0 Å². The molecule has 1 saturated carbocycles. The molecule has 3 rings (SSSR count). The van der Waals surface area contributed by atoms with Gasteiger partial charge in [0.2, 0.25) is 0 Å². The predicted molar refractivity (Wildman–Crippen MR) is 107 cm³/mol. The number of rotatable bonds is 4. The Morgan fingerprint density at radius 3 is 2.81 bits per heavy atom. The second-order valence-electron chi connectivity index (χ2n) is 7.59. The summed E-state index contributed by atoms with van der Waals surface area (Å²) in [5, 5.41) is 3.78. The molecule has 0 saturated heterocycles. The summed E-state index contributed by atoms with van der Waals surface area (Å²) in [4.78, 5) is 12.0. The summed E-state index contributed by atoms with van der Waals surface area (Å²) in [6, 6.07) is 6.43. The summed E-state index contributed by atoms with van der Waals surface area (Å²) >= 11 is 5.30. The lowest BCUT2D eigenvalue weighted by Gasteiger charge is -2.35. The standard InChI is InChI=1S/C20H29N3O2S/c1-13-5-3-8-18(14(13)2)21-20(26)23-22-19(24)12-25-17-10-9-15-6-4-7-16(15)11-17/h9-11,13-14,18H,3-8,12H2,1-2H3,(H,22,24)(H2,21,23,26)/t13-,14-,18-/m1/s1. The van der Waals surface area contributed by atoms with Crippen LogP contribution in [0.3, 0.4) is 0 Å². The molecule has 1 aromatic rings. The number of carbonyl (C=O) groups excluding carboxylic acids is 1. The first-order chi connectivity index (χ1) is 12.5. The smallest absolute Gasteiger partial charge is 0.276 e. The van der Waals surface area contributed by atoms with Crippen LogP contribution in [0.25, 0.3) is 0 Å². The maximum absolute atomic E-state index is 12.0. The Hall–Kier alpha value is -1.82. The third-order valence-electron chi connectivity index (χ3n) is 5.78. The van der Waals surface area contributed by atoms with E-state index in [4.69, 9.17) is 17.0 Å². The molecule has 0 aromatic heterocycles. The Labute approximate surface area is 161 Å². The molecular weight excluding hydrogens is 346 g/mol. The number of fused-ring (bicyclic) bond motifs is 1. The third kappa shape index (κ3) is 4.87. The number of carbonyl (C=O) groups is 1. The van der Waals surface area contributed by atoms with Crippen LogP contribution in [0.1, 0.15) is 50.7 Å². The number of hydrazine groups is 1. The number of amides is 1. The fourth-order valence-corrected chi connectivity index (χ4v) is 4.14. The lowest BCUT2D eigenvalue weighted by molar-refractivity contribution is -0.123. The van der Waals surface area contributed by atoms with Gasteiger partial charge in [-0.2, -0.15) is 0 Å². The molecule has 6 heteroatoms. The van der Waals surface area contributed by atoms with E-state index < -0.39 is 0 Å². The van der Waals surface area contributed by atoms with E-state index in [1.165, 1.54) is 30.4 Å². The van der Waals surface area contributed by atoms with Crippen LogP contribution >= 0.6 is 12.2 Å². The molecule has 5 nitrogen and oxygen atoms in total. The van der Waals surface area contributed by atoms with Crippen molar-refractivity contribution in [2.45, 2.75) is 58.4 Å². The van der Waals surface area contributed by atoms with Crippen molar-refractivity contribution in [2.75, 3.05) is 6.61 Å². The van der Waals surface area contributed by atoms with Gasteiger partial charge in [-0.05, 0) is 73.0 Å². The van der Waals surface area contributed by atoms with Crippen LogP contribution in [0.2, 0.25) is 0 Å². The number of hydrogen-bond acceptors (Lipinski definition) is 3. The molecule has 3 N–H and O–H groups in total. The Morgan fingerprint density at radius 1 is 1.15 bits per heavy atom. The normalized spacial score (nSPS) is 24.5. The Bertz CT molecular complexity index is 664. The predicted octanol–water partition coefficient (Wildman–Crippen LogP) is 2.87. The van der Waals surface area contributed by atoms with Crippen LogP contribution in [0.15, 0.2) is 18.2 Å². The summed E-state index contributed by atoms with van der Waals surface area (Å²) in [6.45, 7) is 4.51. The molecule has 1 amide bonds. The SMILES string of the molecule is C[C@@H]1[C@H](C)CCC[C@H]1NC(=S)NNC(=O)COc1ccc2c(c1)CCC2. The molecule has 3 atom stereocenters. The number of thiocarbonyl (C=S) groups is 1. The quantitative estimate of drug-likeness (QED) is 0.558. The minimum atomic E-state index is -0.250. The van der Waals surface area contributed by atoms with Crippen LogP contribution in [-0.4, -0.2) is 23.7 Å². The number of aryl methyl sites for hydroxylation is 2. The number of nitrogens with one attached hydrogen (secondary N) is 3. The molecule has 0 bridgehead atoms. The summed E-state index contributed by atoms with van der Waals surface area (Å²) in [7, 11) is 0. The molecule has 2 aliphatic carbocycles. The largest absolute Gasteiger partial charge is 0.484 e. The molecular formula is C20H29N3O2S. The molecule has 0 radical (unpaired) electrons. The monoisotopic (exact) mass is 375 g/mol. The Balaban J connectivity index is 1.37. The van der Waals surface area contributed by atoms with Gasteiger partial charge in [-0.15, -0.1) is 0 Å². The van der Waals surface area contributed by atoms with E-state index in [0.717, 1.165) is 25.0 Å². The van der Waals surface area contributed by atoms with Crippen molar-refractivity contribution in [2.24, 2.45) is 11.8 Å². The van der Waals surface area contributed by atoms with Gasteiger partial charge in [-0.1, -0.05) is 32.8 Å². The molecule has 1 aromatic carbocycles. The zero-order valence-corrected chi connectivity index (χ0v) is 16.5. The third-order valence-corrected chi connectivity index (χ3v) is 6.00. The van der Waals surface area contributed by atoms with Crippen LogP contribution in [0, 0.1) is 11.8 Å². The van der Waals surface area contributed by atoms with Crippen molar-refractivity contribution in [3.8, 4) is 5.75 Å². The highest BCUT2D eigenvalue weighted by molar-refractivity contribution is 7.80. The Kier molecular flexibility index (Phi) is 6.35. The van der Waals surface area contributed by atoms with Crippen molar-refractivity contribution in [3.63, 3.8) is 0 Å². The van der Waals surface area contributed by atoms with E-state index in [2.05, 4.69) is 36.1 Å². The van der Waals surface area contributed by atoms with Crippen LogP contribution in [-0.2, 0) is 17.6 Å². The highest BCUT2D eigenvalue weighted by Crippen LogP contribution is 2.29. The summed E-state index contributed by atoms with van der Waals surface area (Å²) in [6.07, 6.45) is 7.04. The summed E-state index contributed by atoms with van der Waals surface area (Å²) < 4.78 is 5.59. The van der Waals surface area contributed by atoms with Gasteiger partial charge in [-0.3, -0.25) is 15.6 Å². The van der Waals surface area contributed by atoms with E-state index in [1.807, 2.05) is 12.1 Å². The second kappa shape index (κ2) is 8.71. The minimum Gasteiger partial charge on any atom is -0.484 e. The lowest BCUT2D eigenvalue weighted by Crippen LogP contribution is -2.53. The van der Waals surface area contributed by atoms with Crippen molar-refractivity contribution in [3.05, 3.63) is 29.3 Å². The van der Waals surface area contributed by atoms with E-state index in [-0.39, 0.29) is 12.5 Å². The first-order valence-corrected chi connectivity index (χ1v) is 10.0. The topological polar surface area (TPSA) is 62.4 Å². The molecule has 0 heterocycles. The molecule has 142 valence electrons. The van der Waals surface area contributed by atoms with Crippen LogP contribution in [0.5, 0.6) is 5.75 Å². The van der Waals surface area contributed by atoms with Gasteiger partial charge in [-0.25, -0.2) is 0 Å². The molecule has 1 fully saturated rings. The van der Waals surface area contributed by atoms with Crippen molar-refractivity contribution in [1.82, 2.24) is 16.2 Å². The minimum absolute atomic E-state index is 0.0364. The van der Waals surface area contributed by atoms with Gasteiger partial charge in [0, 0.05) is 6.04 Å². The molecule has 0 aliphatic heterocycles. The molecule has 0 spiro atoms. The zero-order chi connectivity index (χ0) is 18.5. The van der Waals surface area contributed by atoms with Crippen molar-refractivity contribution < 1.29 is 9.53 Å². The number of ether oxygens (including phenoxy) is 1. The highest BCUT2D eigenvalue weighted by Gasteiger charge is 2.27. The lowest BCUT2D eigenvalue weighted by atomic mass is 9.78. The highest BCUT2D eigenvalue weighted by atomic mass is 32.1. The average Bonchev–Trinajstić information content (AvgIpc) is 3.10. The number of benzene rings is 1. The first-order valence-electron chi connectivity index (χ1n) is 9.63.